The van der Waals surface area contributed by atoms with Crippen LogP contribution in [0.15, 0.2) is 47.3 Å². The maximum atomic E-state index is 14.7. The van der Waals surface area contributed by atoms with Gasteiger partial charge < -0.3 is 10.7 Å². The van der Waals surface area contributed by atoms with E-state index in [4.69, 9.17) is 0 Å². The van der Waals surface area contributed by atoms with E-state index in [-0.39, 0.29) is 34.1 Å². The van der Waals surface area contributed by atoms with Crippen molar-refractivity contribution in [1.82, 2.24) is 9.99 Å². The number of carbonyl (C=O) groups is 1. The first-order valence-corrected chi connectivity index (χ1v) is 11.1. The molecular formula is C25H27F2N3O2. The lowest BCUT2D eigenvalue weighted by atomic mass is 9.77. The molecule has 1 aliphatic rings. The van der Waals surface area contributed by atoms with Crippen LogP contribution in [0.4, 0.5) is 8.78 Å². The average molecular weight is 439 g/mol. The Labute approximate surface area is 185 Å². The molecule has 1 heterocycles. The van der Waals surface area contributed by atoms with Crippen molar-refractivity contribution in [3.05, 3.63) is 81.3 Å². The summed E-state index contributed by atoms with van der Waals surface area (Å²) in [7, 11) is 0. The molecule has 4 rings (SSSR count). The molecule has 1 amide bonds. The van der Waals surface area contributed by atoms with E-state index >= 15 is 0 Å². The third kappa shape index (κ3) is 3.99. The van der Waals surface area contributed by atoms with E-state index in [1.165, 1.54) is 28.9 Å². The molecule has 0 bridgehead atoms. The number of nitrogens with zero attached hydrogens (tertiary/aromatic N) is 1. The van der Waals surface area contributed by atoms with Gasteiger partial charge in [-0.25, -0.2) is 13.5 Å². The van der Waals surface area contributed by atoms with Gasteiger partial charge in [0.2, 0.25) is 0 Å². The van der Waals surface area contributed by atoms with Crippen LogP contribution >= 0.6 is 0 Å². The number of rotatable bonds is 7. The van der Waals surface area contributed by atoms with Gasteiger partial charge in [0.25, 0.3) is 11.5 Å². The van der Waals surface area contributed by atoms with Crippen molar-refractivity contribution in [2.75, 3.05) is 12.0 Å². The summed E-state index contributed by atoms with van der Waals surface area (Å²) in [6.07, 6.45) is 3.69. The summed E-state index contributed by atoms with van der Waals surface area (Å²) >= 11 is 0. The highest BCUT2D eigenvalue weighted by atomic mass is 19.1. The first-order valence-electron chi connectivity index (χ1n) is 11.1. The summed E-state index contributed by atoms with van der Waals surface area (Å²) in [5.74, 6) is -1.24. The number of pyridine rings is 1. The van der Waals surface area contributed by atoms with Crippen LogP contribution in [0, 0.1) is 24.5 Å². The molecule has 1 aliphatic carbocycles. The molecule has 1 fully saturated rings. The van der Waals surface area contributed by atoms with Gasteiger partial charge in [0.1, 0.15) is 11.6 Å². The number of hydrogen-bond acceptors (Lipinski definition) is 3. The first kappa shape index (κ1) is 22.0. The summed E-state index contributed by atoms with van der Waals surface area (Å²) in [5.41, 5.74) is 3.81. The zero-order chi connectivity index (χ0) is 22.8. The quantitative estimate of drug-likeness (QED) is 0.556. The number of nitrogens with one attached hydrogen (secondary N) is 2. The number of fused-ring (bicyclic) bond motifs is 1. The number of halogens is 2. The molecule has 5 nitrogen and oxygen atoms in total. The minimum absolute atomic E-state index is 0.127. The van der Waals surface area contributed by atoms with Crippen molar-refractivity contribution in [1.29, 1.82) is 0 Å². The molecule has 0 radical (unpaired) electrons. The average Bonchev–Trinajstić information content (AvgIpc) is 2.72. The fourth-order valence-corrected chi connectivity index (χ4v) is 4.38. The maximum Gasteiger partial charge on any atom is 0.279 e. The number of hydrogen-bond donors (Lipinski definition) is 2. The summed E-state index contributed by atoms with van der Waals surface area (Å²) in [6.45, 7) is 4.12. The van der Waals surface area contributed by atoms with Crippen LogP contribution < -0.4 is 16.3 Å². The first-order chi connectivity index (χ1) is 15.4. The Morgan fingerprint density at radius 3 is 2.59 bits per heavy atom. The van der Waals surface area contributed by atoms with Gasteiger partial charge in [-0.2, -0.15) is 0 Å². The minimum Gasteiger partial charge on any atom is -0.345 e. The standard InChI is InChI=1S/C25H27F2N3O2/c1-3-13-28-30-15(2)21(19-11-6-12-20(27)22(19)25(30)32)24(31)29-23(16-7-4-8-16)17-9-5-10-18(26)14-17/h5-6,9-12,14,16,23,28H,3-4,7-8,13H2,1-2H3,(H,29,31)/t23-/m0/s1/i27-1. The van der Waals surface area contributed by atoms with E-state index in [0.29, 0.717) is 17.8 Å². The van der Waals surface area contributed by atoms with Crippen molar-refractivity contribution in [3.63, 3.8) is 0 Å². The Hall–Kier alpha value is -3.22. The molecule has 0 spiro atoms. The van der Waals surface area contributed by atoms with E-state index in [1.807, 2.05) is 6.92 Å². The normalized spacial score (nSPS) is 14.8. The van der Waals surface area contributed by atoms with Crippen molar-refractivity contribution in [2.45, 2.75) is 45.6 Å². The lowest BCUT2D eigenvalue weighted by Crippen LogP contribution is -2.39. The molecular weight excluding hydrogens is 411 g/mol. The lowest BCUT2D eigenvalue weighted by molar-refractivity contribution is 0.0900. The van der Waals surface area contributed by atoms with Crippen molar-refractivity contribution < 1.29 is 13.6 Å². The minimum atomic E-state index is -0.672. The van der Waals surface area contributed by atoms with Crippen LogP contribution in [0.5, 0.6) is 0 Å². The topological polar surface area (TPSA) is 63.1 Å². The Morgan fingerprint density at radius 2 is 1.94 bits per heavy atom. The predicted octanol–water partition coefficient (Wildman–Crippen LogP) is 4.81. The monoisotopic (exact) mass is 438 g/mol. The molecule has 1 aromatic heterocycles. The smallest absolute Gasteiger partial charge is 0.279 e. The zero-order valence-corrected chi connectivity index (χ0v) is 18.3. The van der Waals surface area contributed by atoms with Crippen LogP contribution in [-0.4, -0.2) is 17.1 Å². The van der Waals surface area contributed by atoms with Gasteiger partial charge >= 0.3 is 0 Å². The van der Waals surface area contributed by atoms with E-state index in [0.717, 1.165) is 25.7 Å². The number of benzene rings is 2. The molecule has 2 aromatic carbocycles. The fraction of sp³-hybridized carbons (Fsp3) is 0.360. The van der Waals surface area contributed by atoms with Gasteiger partial charge in [0, 0.05) is 11.9 Å². The highest BCUT2D eigenvalue weighted by molar-refractivity contribution is 6.08. The third-order valence-corrected chi connectivity index (χ3v) is 6.26. The van der Waals surface area contributed by atoms with Crippen molar-refractivity contribution in [3.8, 4) is 0 Å². The third-order valence-electron chi connectivity index (χ3n) is 6.26. The van der Waals surface area contributed by atoms with E-state index in [9.17, 15) is 18.4 Å². The van der Waals surface area contributed by atoms with Crippen LogP contribution in [-0.2, 0) is 0 Å². The van der Waals surface area contributed by atoms with E-state index < -0.39 is 17.3 Å². The van der Waals surface area contributed by atoms with Crippen LogP contribution in [0.25, 0.3) is 10.8 Å². The summed E-state index contributed by atoms with van der Waals surface area (Å²) in [5, 5.41) is 3.21. The Balaban J connectivity index is 1.81. The number of amides is 1. The largest absolute Gasteiger partial charge is 0.345 e. The second kappa shape index (κ2) is 9.10. The number of aromatic nitrogens is 1. The molecule has 168 valence electrons. The molecule has 1 atom stereocenters. The van der Waals surface area contributed by atoms with E-state index in [1.54, 1.807) is 25.1 Å². The molecule has 0 unspecified atom stereocenters. The van der Waals surface area contributed by atoms with Crippen LogP contribution in [0.3, 0.4) is 0 Å². The molecule has 2 N–H and O–H groups in total. The SMILES string of the molecule is CCCNn1c(C)c(C(=O)N[C@H](c2cccc(F)c2)C2CCC2)c2cccc([18F])c2c1=O. The highest BCUT2D eigenvalue weighted by Gasteiger charge is 2.31. The van der Waals surface area contributed by atoms with Gasteiger partial charge in [0.15, 0.2) is 0 Å². The number of carbonyl (C=O) groups excluding carboxylic acids is 1. The van der Waals surface area contributed by atoms with Crippen molar-refractivity contribution >= 4 is 16.7 Å². The molecule has 3 aromatic rings. The second-order valence-corrected chi connectivity index (χ2v) is 8.37. The van der Waals surface area contributed by atoms with Gasteiger partial charge in [0.05, 0.1) is 22.7 Å². The van der Waals surface area contributed by atoms with E-state index in [2.05, 4.69) is 10.7 Å². The zero-order valence-electron chi connectivity index (χ0n) is 18.3. The Kier molecular flexibility index (Phi) is 6.26. The molecule has 7 heteroatoms. The summed E-state index contributed by atoms with van der Waals surface area (Å²) in [4.78, 5) is 26.6. The molecule has 32 heavy (non-hydrogen) atoms. The Morgan fingerprint density at radius 1 is 1.19 bits per heavy atom. The molecule has 0 saturated heterocycles. The van der Waals surface area contributed by atoms with Gasteiger partial charge in [-0.1, -0.05) is 37.6 Å². The molecule has 1 saturated carbocycles. The summed E-state index contributed by atoms with van der Waals surface area (Å²) in [6, 6.07) is 10.2. The fourth-order valence-electron chi connectivity index (χ4n) is 4.38. The lowest BCUT2D eigenvalue weighted by Gasteiger charge is -2.35. The van der Waals surface area contributed by atoms with Crippen LogP contribution in [0.2, 0.25) is 0 Å². The van der Waals surface area contributed by atoms with Gasteiger partial charge in [-0.05, 0) is 55.9 Å². The van der Waals surface area contributed by atoms with Crippen LogP contribution in [0.1, 0.15) is 60.3 Å². The maximum absolute atomic E-state index is 14.7. The molecule has 0 aliphatic heterocycles. The summed E-state index contributed by atoms with van der Waals surface area (Å²) < 4.78 is 29.8. The van der Waals surface area contributed by atoms with Gasteiger partial charge in [-0.15, -0.1) is 0 Å². The predicted molar refractivity (Wildman–Crippen MR) is 121 cm³/mol. The van der Waals surface area contributed by atoms with Crippen molar-refractivity contribution in [2.24, 2.45) is 5.92 Å². The Bertz CT molecular complexity index is 1220. The van der Waals surface area contributed by atoms with Gasteiger partial charge in [-0.3, -0.25) is 9.59 Å². The second-order valence-electron chi connectivity index (χ2n) is 8.37. The highest BCUT2D eigenvalue weighted by Crippen LogP contribution is 2.38.